The smallest absolute Gasteiger partial charge is 0.143 e. The van der Waals surface area contributed by atoms with Crippen LogP contribution in [0, 0.1) is 0 Å². The van der Waals surface area contributed by atoms with E-state index in [1.807, 2.05) is 30.8 Å². The van der Waals surface area contributed by atoms with Gasteiger partial charge in [0.1, 0.15) is 10.9 Å². The highest BCUT2D eigenvalue weighted by Crippen LogP contribution is 2.34. The number of ether oxygens (including phenoxy) is 1. The topological polar surface area (TPSA) is 26.2 Å². The van der Waals surface area contributed by atoms with E-state index < -0.39 is 0 Å². The van der Waals surface area contributed by atoms with Crippen molar-refractivity contribution in [1.82, 2.24) is 9.88 Å². The van der Waals surface area contributed by atoms with Crippen molar-refractivity contribution >= 4 is 22.5 Å². The zero-order chi connectivity index (χ0) is 11.7. The molecule has 0 radical (unpaired) electrons. The second-order valence-corrected chi connectivity index (χ2v) is 4.07. The first-order valence-electron chi connectivity index (χ1n) is 5.15. The molecule has 86 valence electrons. The van der Waals surface area contributed by atoms with Crippen molar-refractivity contribution in [1.29, 1.82) is 0 Å². The van der Waals surface area contributed by atoms with Gasteiger partial charge in [0.2, 0.25) is 0 Å². The van der Waals surface area contributed by atoms with Crippen LogP contribution in [-0.2, 0) is 13.6 Å². The van der Waals surface area contributed by atoms with Gasteiger partial charge in [-0.2, -0.15) is 0 Å². The molecule has 0 fully saturated rings. The molecule has 0 saturated carbocycles. The van der Waals surface area contributed by atoms with Gasteiger partial charge < -0.3 is 14.6 Å². The molecule has 2 aromatic rings. The summed E-state index contributed by atoms with van der Waals surface area (Å²) in [5.74, 6) is 0.851. The van der Waals surface area contributed by atoms with Gasteiger partial charge >= 0.3 is 0 Å². The lowest BCUT2D eigenvalue weighted by molar-refractivity contribution is 0.418. The average Bonchev–Trinajstić information content (AvgIpc) is 2.55. The Bertz CT molecular complexity index is 519. The summed E-state index contributed by atoms with van der Waals surface area (Å²) in [4.78, 5) is 0. The van der Waals surface area contributed by atoms with Crippen molar-refractivity contribution in [3.8, 4) is 5.75 Å². The molecule has 1 aromatic carbocycles. The zero-order valence-corrected chi connectivity index (χ0v) is 10.4. The Labute approximate surface area is 100.0 Å². The van der Waals surface area contributed by atoms with Crippen molar-refractivity contribution in [3.05, 3.63) is 28.9 Å². The number of para-hydroxylation sites is 1. The molecular weight excluding hydrogens is 224 g/mol. The van der Waals surface area contributed by atoms with Crippen LogP contribution in [0.3, 0.4) is 0 Å². The quantitative estimate of drug-likeness (QED) is 0.890. The van der Waals surface area contributed by atoms with Crippen LogP contribution in [-0.4, -0.2) is 18.7 Å². The van der Waals surface area contributed by atoms with Gasteiger partial charge in [-0.05, 0) is 13.1 Å². The van der Waals surface area contributed by atoms with Gasteiger partial charge in [0.05, 0.1) is 12.6 Å². The fraction of sp³-hybridized carbons (Fsp3) is 0.333. The Morgan fingerprint density at radius 3 is 2.81 bits per heavy atom. The number of fused-ring (bicyclic) bond motifs is 1. The SMILES string of the molecule is CNCc1c(Cl)n(C)c2c(OC)cccc12. The average molecular weight is 239 g/mol. The third kappa shape index (κ3) is 1.56. The van der Waals surface area contributed by atoms with E-state index in [9.17, 15) is 0 Å². The first kappa shape index (κ1) is 11.3. The number of nitrogens with zero attached hydrogens (tertiary/aromatic N) is 1. The third-order valence-corrected chi connectivity index (χ3v) is 3.26. The second-order valence-electron chi connectivity index (χ2n) is 3.72. The summed E-state index contributed by atoms with van der Waals surface area (Å²) in [6, 6.07) is 5.99. The number of rotatable bonds is 3. The molecule has 0 amide bonds. The highest BCUT2D eigenvalue weighted by molar-refractivity contribution is 6.32. The molecule has 1 heterocycles. The van der Waals surface area contributed by atoms with Gasteiger partial charge in [-0.3, -0.25) is 0 Å². The van der Waals surface area contributed by atoms with E-state index in [4.69, 9.17) is 16.3 Å². The molecular formula is C12H15ClN2O. The molecule has 0 unspecified atom stereocenters. The predicted octanol–water partition coefficient (Wildman–Crippen LogP) is 2.56. The highest BCUT2D eigenvalue weighted by Gasteiger charge is 2.15. The van der Waals surface area contributed by atoms with Crippen LogP contribution < -0.4 is 10.1 Å². The number of hydrogen-bond donors (Lipinski definition) is 1. The number of hydrogen-bond acceptors (Lipinski definition) is 2. The molecule has 1 aromatic heterocycles. The highest BCUT2D eigenvalue weighted by atomic mass is 35.5. The standard InChI is InChI=1S/C12H15ClN2O/c1-14-7-9-8-5-4-6-10(16-3)11(8)15(2)12(9)13/h4-6,14H,7H2,1-3H3. The number of halogens is 1. The van der Waals surface area contributed by atoms with Crippen LogP contribution >= 0.6 is 11.6 Å². The molecule has 2 rings (SSSR count). The van der Waals surface area contributed by atoms with Gasteiger partial charge in [-0.1, -0.05) is 23.7 Å². The number of aryl methyl sites for hydroxylation is 1. The Kier molecular flexibility index (Phi) is 3.08. The maximum atomic E-state index is 6.31. The molecule has 0 spiro atoms. The first-order chi connectivity index (χ1) is 7.70. The van der Waals surface area contributed by atoms with Gasteiger partial charge in [0.15, 0.2) is 0 Å². The van der Waals surface area contributed by atoms with Gasteiger partial charge in [-0.15, -0.1) is 0 Å². The van der Waals surface area contributed by atoms with Crippen LogP contribution in [0.2, 0.25) is 5.15 Å². The van der Waals surface area contributed by atoms with E-state index >= 15 is 0 Å². The monoisotopic (exact) mass is 238 g/mol. The lowest BCUT2D eigenvalue weighted by atomic mass is 10.1. The van der Waals surface area contributed by atoms with E-state index in [1.165, 1.54) is 0 Å². The normalized spacial score (nSPS) is 11.0. The minimum atomic E-state index is 0.753. The third-order valence-electron chi connectivity index (χ3n) is 2.78. The zero-order valence-electron chi connectivity index (χ0n) is 9.67. The summed E-state index contributed by atoms with van der Waals surface area (Å²) in [6.45, 7) is 0.753. The van der Waals surface area contributed by atoms with Gasteiger partial charge in [0.25, 0.3) is 0 Å². The van der Waals surface area contributed by atoms with E-state index in [0.717, 1.165) is 33.9 Å². The van der Waals surface area contributed by atoms with Crippen molar-refractivity contribution in [2.75, 3.05) is 14.2 Å². The van der Waals surface area contributed by atoms with E-state index in [0.29, 0.717) is 0 Å². The van der Waals surface area contributed by atoms with Crippen molar-refractivity contribution in [2.45, 2.75) is 6.54 Å². The predicted molar refractivity (Wildman–Crippen MR) is 67.2 cm³/mol. The molecule has 0 aliphatic rings. The molecule has 16 heavy (non-hydrogen) atoms. The Hall–Kier alpha value is -1.19. The number of aromatic nitrogens is 1. The van der Waals surface area contributed by atoms with Crippen LogP contribution in [0.1, 0.15) is 5.56 Å². The Balaban J connectivity index is 2.78. The maximum absolute atomic E-state index is 6.31. The van der Waals surface area contributed by atoms with E-state index in [2.05, 4.69) is 11.4 Å². The molecule has 3 nitrogen and oxygen atoms in total. The van der Waals surface area contributed by atoms with Crippen LogP contribution in [0.15, 0.2) is 18.2 Å². The van der Waals surface area contributed by atoms with Crippen molar-refractivity contribution in [3.63, 3.8) is 0 Å². The molecule has 4 heteroatoms. The van der Waals surface area contributed by atoms with Gasteiger partial charge in [0, 0.05) is 24.5 Å². The van der Waals surface area contributed by atoms with Crippen LogP contribution in [0.5, 0.6) is 5.75 Å². The van der Waals surface area contributed by atoms with Gasteiger partial charge in [-0.25, -0.2) is 0 Å². The molecule has 0 aliphatic carbocycles. The Morgan fingerprint density at radius 2 is 2.19 bits per heavy atom. The summed E-state index contributed by atoms with van der Waals surface area (Å²) in [5.41, 5.74) is 2.15. The van der Waals surface area contributed by atoms with Crippen LogP contribution in [0.4, 0.5) is 0 Å². The molecule has 0 saturated heterocycles. The fourth-order valence-corrected chi connectivity index (χ4v) is 2.29. The lowest BCUT2D eigenvalue weighted by Crippen LogP contribution is -2.05. The first-order valence-corrected chi connectivity index (χ1v) is 5.52. The summed E-state index contributed by atoms with van der Waals surface area (Å²) in [7, 11) is 5.54. The Morgan fingerprint density at radius 1 is 1.44 bits per heavy atom. The largest absolute Gasteiger partial charge is 0.495 e. The summed E-state index contributed by atoms with van der Waals surface area (Å²) < 4.78 is 7.32. The van der Waals surface area contributed by atoms with Crippen molar-refractivity contribution in [2.24, 2.45) is 7.05 Å². The minimum absolute atomic E-state index is 0.753. The minimum Gasteiger partial charge on any atom is -0.495 e. The summed E-state index contributed by atoms with van der Waals surface area (Å²) in [6.07, 6.45) is 0. The molecule has 0 bridgehead atoms. The lowest BCUT2D eigenvalue weighted by Gasteiger charge is -2.04. The van der Waals surface area contributed by atoms with Crippen molar-refractivity contribution < 1.29 is 4.74 Å². The molecule has 0 aliphatic heterocycles. The summed E-state index contributed by atoms with van der Waals surface area (Å²) >= 11 is 6.31. The number of methoxy groups -OCH3 is 1. The number of benzene rings is 1. The summed E-state index contributed by atoms with van der Waals surface area (Å²) in [5, 5.41) is 5.03. The van der Waals surface area contributed by atoms with E-state index in [1.54, 1.807) is 7.11 Å². The fourth-order valence-electron chi connectivity index (χ4n) is 2.03. The van der Waals surface area contributed by atoms with E-state index in [-0.39, 0.29) is 0 Å². The maximum Gasteiger partial charge on any atom is 0.143 e. The molecule has 0 atom stereocenters. The second kappa shape index (κ2) is 4.36. The van der Waals surface area contributed by atoms with Crippen LogP contribution in [0.25, 0.3) is 10.9 Å². The number of nitrogens with one attached hydrogen (secondary N) is 1. The molecule has 1 N–H and O–H groups in total.